The Labute approximate surface area is 91.3 Å². The van der Waals surface area contributed by atoms with Crippen molar-refractivity contribution in [3.63, 3.8) is 0 Å². The van der Waals surface area contributed by atoms with Crippen molar-refractivity contribution in [2.75, 3.05) is 17.2 Å². The standard InChI is InChI=1S/C12H19N3/c1-10-5-3-2-4-8-15(10)11-6-7-12(13)14-9-11/h6-7,9-10H,2-5,8H2,1H3,(H2,13,14). The molecule has 82 valence electrons. The van der Waals surface area contributed by atoms with Crippen molar-refractivity contribution in [2.24, 2.45) is 0 Å². The van der Waals surface area contributed by atoms with Crippen LogP contribution in [0.4, 0.5) is 11.5 Å². The predicted molar refractivity (Wildman–Crippen MR) is 63.9 cm³/mol. The molecule has 1 unspecified atom stereocenters. The van der Waals surface area contributed by atoms with Gasteiger partial charge < -0.3 is 10.6 Å². The summed E-state index contributed by atoms with van der Waals surface area (Å²) >= 11 is 0. The van der Waals surface area contributed by atoms with Crippen LogP contribution in [0.2, 0.25) is 0 Å². The number of hydrogen-bond acceptors (Lipinski definition) is 3. The summed E-state index contributed by atoms with van der Waals surface area (Å²) in [6, 6.07) is 4.58. The summed E-state index contributed by atoms with van der Waals surface area (Å²) in [7, 11) is 0. The highest BCUT2D eigenvalue weighted by Crippen LogP contribution is 2.23. The van der Waals surface area contributed by atoms with Gasteiger partial charge in [0.05, 0.1) is 11.9 Å². The topological polar surface area (TPSA) is 42.1 Å². The second kappa shape index (κ2) is 4.51. The van der Waals surface area contributed by atoms with E-state index in [4.69, 9.17) is 5.73 Å². The van der Waals surface area contributed by atoms with E-state index in [0.29, 0.717) is 11.9 Å². The van der Waals surface area contributed by atoms with Crippen LogP contribution in [0.3, 0.4) is 0 Å². The molecule has 0 aromatic carbocycles. The molecule has 3 heteroatoms. The smallest absolute Gasteiger partial charge is 0.123 e. The third-order valence-corrected chi connectivity index (χ3v) is 3.16. The number of pyridine rings is 1. The summed E-state index contributed by atoms with van der Waals surface area (Å²) in [6.45, 7) is 3.44. The maximum Gasteiger partial charge on any atom is 0.123 e. The summed E-state index contributed by atoms with van der Waals surface area (Å²) in [4.78, 5) is 6.60. The lowest BCUT2D eigenvalue weighted by atomic mass is 10.1. The highest BCUT2D eigenvalue weighted by atomic mass is 15.2. The summed E-state index contributed by atoms with van der Waals surface area (Å²) < 4.78 is 0. The van der Waals surface area contributed by atoms with Gasteiger partial charge in [0.1, 0.15) is 5.82 Å². The van der Waals surface area contributed by atoms with Crippen molar-refractivity contribution in [1.29, 1.82) is 0 Å². The molecule has 0 radical (unpaired) electrons. The molecule has 0 aliphatic carbocycles. The zero-order chi connectivity index (χ0) is 10.7. The number of rotatable bonds is 1. The van der Waals surface area contributed by atoms with Crippen molar-refractivity contribution < 1.29 is 0 Å². The van der Waals surface area contributed by atoms with Crippen LogP contribution in [0.25, 0.3) is 0 Å². The predicted octanol–water partition coefficient (Wildman–Crippen LogP) is 2.43. The van der Waals surface area contributed by atoms with E-state index in [1.807, 2.05) is 12.3 Å². The number of hydrogen-bond donors (Lipinski definition) is 1. The molecule has 2 N–H and O–H groups in total. The van der Waals surface area contributed by atoms with Gasteiger partial charge in [0.15, 0.2) is 0 Å². The Balaban J connectivity index is 2.16. The van der Waals surface area contributed by atoms with E-state index in [-0.39, 0.29) is 0 Å². The minimum Gasteiger partial charge on any atom is -0.384 e. The molecule has 1 aliphatic rings. The molecule has 1 aliphatic heterocycles. The molecule has 1 saturated heterocycles. The van der Waals surface area contributed by atoms with Gasteiger partial charge in [0, 0.05) is 12.6 Å². The van der Waals surface area contributed by atoms with Gasteiger partial charge >= 0.3 is 0 Å². The molecule has 3 nitrogen and oxygen atoms in total. The van der Waals surface area contributed by atoms with Gasteiger partial charge in [-0.25, -0.2) is 4.98 Å². The molecule has 0 saturated carbocycles. The Bertz CT molecular complexity index is 307. The van der Waals surface area contributed by atoms with Gasteiger partial charge in [-0.15, -0.1) is 0 Å². The monoisotopic (exact) mass is 205 g/mol. The number of aromatic nitrogens is 1. The van der Waals surface area contributed by atoms with Crippen LogP contribution in [0.15, 0.2) is 18.3 Å². The lowest BCUT2D eigenvalue weighted by Gasteiger charge is -2.29. The number of nitrogens with zero attached hydrogens (tertiary/aromatic N) is 2. The average Bonchev–Trinajstić information content (AvgIpc) is 2.44. The van der Waals surface area contributed by atoms with Crippen LogP contribution in [-0.2, 0) is 0 Å². The molecule has 2 rings (SSSR count). The highest BCUT2D eigenvalue weighted by Gasteiger charge is 2.17. The molecular weight excluding hydrogens is 186 g/mol. The van der Waals surface area contributed by atoms with Gasteiger partial charge in [-0.1, -0.05) is 12.8 Å². The Hall–Kier alpha value is -1.25. The van der Waals surface area contributed by atoms with E-state index in [1.165, 1.54) is 31.4 Å². The minimum atomic E-state index is 0.598. The Morgan fingerprint density at radius 3 is 2.93 bits per heavy atom. The SMILES string of the molecule is CC1CCCCCN1c1ccc(N)nc1. The highest BCUT2D eigenvalue weighted by molar-refractivity contribution is 5.48. The first kappa shape index (κ1) is 10.3. The first-order valence-corrected chi connectivity index (χ1v) is 5.75. The number of nitrogens with two attached hydrogens (primary N) is 1. The molecule has 15 heavy (non-hydrogen) atoms. The normalized spacial score (nSPS) is 22.5. The maximum atomic E-state index is 5.59. The van der Waals surface area contributed by atoms with Crippen LogP contribution in [0.1, 0.15) is 32.6 Å². The van der Waals surface area contributed by atoms with Gasteiger partial charge in [-0.3, -0.25) is 0 Å². The van der Waals surface area contributed by atoms with Gasteiger partial charge in [0.2, 0.25) is 0 Å². The van der Waals surface area contributed by atoms with Gasteiger partial charge in [-0.05, 0) is 31.9 Å². The molecule has 1 aromatic heterocycles. The quantitative estimate of drug-likeness (QED) is 0.765. The molecule has 1 fully saturated rings. The van der Waals surface area contributed by atoms with Crippen LogP contribution >= 0.6 is 0 Å². The number of anilines is 2. The molecule has 0 spiro atoms. The van der Waals surface area contributed by atoms with Crippen molar-refractivity contribution in [3.8, 4) is 0 Å². The first-order chi connectivity index (χ1) is 7.27. The van der Waals surface area contributed by atoms with Crippen LogP contribution in [0, 0.1) is 0 Å². The average molecular weight is 205 g/mol. The van der Waals surface area contributed by atoms with Crippen molar-refractivity contribution in [3.05, 3.63) is 18.3 Å². The van der Waals surface area contributed by atoms with E-state index in [9.17, 15) is 0 Å². The second-order valence-electron chi connectivity index (χ2n) is 4.33. The molecule has 2 heterocycles. The summed E-state index contributed by atoms with van der Waals surface area (Å²) in [6.07, 6.45) is 7.15. The zero-order valence-electron chi connectivity index (χ0n) is 9.32. The van der Waals surface area contributed by atoms with Crippen LogP contribution < -0.4 is 10.6 Å². The van der Waals surface area contributed by atoms with Gasteiger partial charge in [0.25, 0.3) is 0 Å². The molecule has 0 bridgehead atoms. The largest absolute Gasteiger partial charge is 0.384 e. The molecule has 1 atom stereocenters. The molecule has 0 amide bonds. The van der Waals surface area contributed by atoms with Crippen molar-refractivity contribution in [2.45, 2.75) is 38.6 Å². The van der Waals surface area contributed by atoms with Crippen molar-refractivity contribution in [1.82, 2.24) is 4.98 Å². The number of nitrogen functional groups attached to an aromatic ring is 1. The van der Waals surface area contributed by atoms with E-state index in [2.05, 4.69) is 22.9 Å². The Morgan fingerprint density at radius 1 is 1.33 bits per heavy atom. The fraction of sp³-hybridized carbons (Fsp3) is 0.583. The van der Waals surface area contributed by atoms with Crippen molar-refractivity contribution >= 4 is 11.5 Å². The fourth-order valence-electron chi connectivity index (χ4n) is 2.23. The third kappa shape index (κ3) is 2.41. The minimum absolute atomic E-state index is 0.598. The lowest BCUT2D eigenvalue weighted by Crippen LogP contribution is -2.32. The van der Waals surface area contributed by atoms with E-state index in [1.54, 1.807) is 0 Å². The van der Waals surface area contributed by atoms with E-state index >= 15 is 0 Å². The van der Waals surface area contributed by atoms with E-state index in [0.717, 1.165) is 6.54 Å². The van der Waals surface area contributed by atoms with Gasteiger partial charge in [-0.2, -0.15) is 0 Å². The zero-order valence-corrected chi connectivity index (χ0v) is 9.32. The summed E-state index contributed by atoms with van der Waals surface area (Å²) in [5, 5.41) is 0. The lowest BCUT2D eigenvalue weighted by molar-refractivity contribution is 0.615. The summed E-state index contributed by atoms with van der Waals surface area (Å²) in [5.41, 5.74) is 6.80. The van der Waals surface area contributed by atoms with Crippen LogP contribution in [0.5, 0.6) is 0 Å². The second-order valence-corrected chi connectivity index (χ2v) is 4.33. The molecule has 1 aromatic rings. The maximum absolute atomic E-state index is 5.59. The fourth-order valence-corrected chi connectivity index (χ4v) is 2.23. The third-order valence-electron chi connectivity index (χ3n) is 3.16. The van der Waals surface area contributed by atoms with Crippen LogP contribution in [-0.4, -0.2) is 17.6 Å². The first-order valence-electron chi connectivity index (χ1n) is 5.75. The molecular formula is C12H19N3. The Kier molecular flexibility index (Phi) is 3.09. The summed E-state index contributed by atoms with van der Waals surface area (Å²) in [5.74, 6) is 0.598. The van der Waals surface area contributed by atoms with E-state index < -0.39 is 0 Å². The Morgan fingerprint density at radius 2 is 2.20 bits per heavy atom.